The van der Waals surface area contributed by atoms with Crippen molar-refractivity contribution in [2.45, 2.75) is 13.5 Å². The van der Waals surface area contributed by atoms with Gasteiger partial charge in [-0.05, 0) is 30.2 Å². The number of pyridine rings is 2. The predicted molar refractivity (Wildman–Crippen MR) is 70.3 cm³/mol. The molecule has 90 valence electrons. The van der Waals surface area contributed by atoms with Crippen molar-refractivity contribution in [2.75, 3.05) is 5.32 Å². The molecule has 0 aromatic carbocycles. The molecule has 2 aromatic heterocycles. The first kappa shape index (κ1) is 12.3. The van der Waals surface area contributed by atoms with Gasteiger partial charge in [0.1, 0.15) is 16.9 Å². The van der Waals surface area contributed by atoms with Crippen LogP contribution in [0.4, 0.5) is 5.82 Å². The summed E-state index contributed by atoms with van der Waals surface area (Å²) < 4.78 is 0. The molecule has 0 aliphatic rings. The lowest BCUT2D eigenvalue weighted by Crippen LogP contribution is -2.04. The van der Waals surface area contributed by atoms with Gasteiger partial charge >= 0.3 is 0 Å². The normalized spacial score (nSPS) is 9.83. The first-order valence-electron chi connectivity index (χ1n) is 5.40. The van der Waals surface area contributed by atoms with Crippen LogP contribution in [0.3, 0.4) is 0 Å². The van der Waals surface area contributed by atoms with E-state index in [2.05, 4.69) is 15.3 Å². The lowest BCUT2D eigenvalue weighted by molar-refractivity contribution is 1.07. The Kier molecular flexibility index (Phi) is 3.75. The Labute approximate surface area is 110 Å². The standard InChI is InChI=1S/C13H11ClN4/c1-9-7-16-4-2-11(9)8-18-13-12(14)10(6-15)3-5-17-13/h2-5,7H,8H2,1H3,(H,17,18). The number of rotatable bonds is 3. The lowest BCUT2D eigenvalue weighted by atomic mass is 10.1. The minimum Gasteiger partial charge on any atom is -0.365 e. The van der Waals surface area contributed by atoms with Crippen molar-refractivity contribution in [2.24, 2.45) is 0 Å². The highest BCUT2D eigenvalue weighted by Gasteiger charge is 2.07. The van der Waals surface area contributed by atoms with E-state index in [1.807, 2.05) is 19.1 Å². The van der Waals surface area contributed by atoms with Crippen LogP contribution in [0, 0.1) is 18.3 Å². The van der Waals surface area contributed by atoms with Crippen molar-refractivity contribution >= 4 is 17.4 Å². The van der Waals surface area contributed by atoms with Crippen molar-refractivity contribution in [1.29, 1.82) is 5.26 Å². The van der Waals surface area contributed by atoms with Gasteiger partial charge in [-0.2, -0.15) is 5.26 Å². The van der Waals surface area contributed by atoms with E-state index >= 15 is 0 Å². The molecule has 4 nitrogen and oxygen atoms in total. The van der Waals surface area contributed by atoms with Gasteiger partial charge in [-0.15, -0.1) is 0 Å². The summed E-state index contributed by atoms with van der Waals surface area (Å²) in [4.78, 5) is 8.15. The molecular weight excluding hydrogens is 248 g/mol. The molecule has 0 radical (unpaired) electrons. The van der Waals surface area contributed by atoms with E-state index in [4.69, 9.17) is 16.9 Å². The minimum atomic E-state index is 0.353. The summed E-state index contributed by atoms with van der Waals surface area (Å²) in [5, 5.41) is 12.4. The number of hydrogen-bond acceptors (Lipinski definition) is 4. The fraction of sp³-hybridized carbons (Fsp3) is 0.154. The number of nitrogens with one attached hydrogen (secondary N) is 1. The van der Waals surface area contributed by atoms with Gasteiger partial charge in [-0.3, -0.25) is 4.98 Å². The van der Waals surface area contributed by atoms with E-state index in [1.54, 1.807) is 24.7 Å². The summed E-state index contributed by atoms with van der Waals surface area (Å²) >= 11 is 6.06. The number of nitriles is 1. The molecule has 2 aromatic rings. The van der Waals surface area contributed by atoms with Crippen LogP contribution in [-0.2, 0) is 6.54 Å². The summed E-state index contributed by atoms with van der Waals surface area (Å²) in [5.41, 5.74) is 2.63. The highest BCUT2D eigenvalue weighted by Crippen LogP contribution is 2.23. The molecule has 18 heavy (non-hydrogen) atoms. The van der Waals surface area contributed by atoms with Gasteiger partial charge in [0.15, 0.2) is 0 Å². The third-order valence-corrected chi connectivity index (χ3v) is 2.98. The van der Waals surface area contributed by atoms with Crippen molar-refractivity contribution in [1.82, 2.24) is 9.97 Å². The molecule has 0 saturated heterocycles. The summed E-state index contributed by atoms with van der Waals surface area (Å²) in [7, 11) is 0. The van der Waals surface area contributed by atoms with E-state index in [-0.39, 0.29) is 0 Å². The molecule has 0 aliphatic carbocycles. The van der Waals surface area contributed by atoms with Gasteiger partial charge < -0.3 is 5.32 Å². The molecule has 0 aliphatic heterocycles. The van der Waals surface area contributed by atoms with Crippen LogP contribution in [0.15, 0.2) is 30.7 Å². The fourth-order valence-electron chi connectivity index (χ4n) is 1.53. The molecule has 0 amide bonds. The Morgan fingerprint density at radius 2 is 2.22 bits per heavy atom. The molecule has 2 rings (SSSR count). The van der Waals surface area contributed by atoms with Crippen LogP contribution in [-0.4, -0.2) is 9.97 Å². The smallest absolute Gasteiger partial charge is 0.146 e. The molecule has 0 spiro atoms. The van der Waals surface area contributed by atoms with Crippen molar-refractivity contribution in [3.8, 4) is 6.07 Å². The first-order chi connectivity index (χ1) is 8.72. The van der Waals surface area contributed by atoms with Crippen LogP contribution in [0.25, 0.3) is 0 Å². The van der Waals surface area contributed by atoms with Crippen molar-refractivity contribution in [3.05, 3.63) is 52.4 Å². The topological polar surface area (TPSA) is 61.6 Å². The summed E-state index contributed by atoms with van der Waals surface area (Å²) in [6.07, 6.45) is 5.11. The highest BCUT2D eigenvalue weighted by molar-refractivity contribution is 6.34. The number of hydrogen-bond donors (Lipinski definition) is 1. The van der Waals surface area contributed by atoms with Gasteiger partial charge in [0.05, 0.1) is 5.56 Å². The maximum atomic E-state index is 8.87. The monoisotopic (exact) mass is 258 g/mol. The van der Waals surface area contributed by atoms with E-state index < -0.39 is 0 Å². The van der Waals surface area contributed by atoms with Crippen LogP contribution >= 0.6 is 11.6 Å². The Morgan fingerprint density at radius 1 is 1.39 bits per heavy atom. The van der Waals surface area contributed by atoms with Crippen LogP contribution in [0.1, 0.15) is 16.7 Å². The average molecular weight is 259 g/mol. The van der Waals surface area contributed by atoms with Gasteiger partial charge in [-0.1, -0.05) is 11.6 Å². The second-order valence-electron chi connectivity index (χ2n) is 3.79. The number of nitrogens with zero attached hydrogens (tertiary/aromatic N) is 3. The zero-order chi connectivity index (χ0) is 13.0. The van der Waals surface area contributed by atoms with Crippen LogP contribution in [0.2, 0.25) is 5.02 Å². The Hall–Kier alpha value is -2.12. The number of anilines is 1. The second kappa shape index (κ2) is 5.48. The second-order valence-corrected chi connectivity index (χ2v) is 4.17. The number of aromatic nitrogens is 2. The number of aryl methyl sites for hydroxylation is 1. The minimum absolute atomic E-state index is 0.353. The first-order valence-corrected chi connectivity index (χ1v) is 5.78. The summed E-state index contributed by atoms with van der Waals surface area (Å²) in [5.74, 6) is 0.520. The molecule has 1 N–H and O–H groups in total. The predicted octanol–water partition coefficient (Wildman–Crippen LogP) is 2.92. The molecule has 5 heteroatoms. The average Bonchev–Trinajstić information content (AvgIpc) is 2.39. The SMILES string of the molecule is Cc1cnccc1CNc1nccc(C#N)c1Cl. The van der Waals surface area contributed by atoms with Crippen LogP contribution in [0.5, 0.6) is 0 Å². The Balaban J connectivity index is 2.17. The zero-order valence-corrected chi connectivity index (χ0v) is 10.6. The Morgan fingerprint density at radius 3 is 2.94 bits per heavy atom. The maximum Gasteiger partial charge on any atom is 0.146 e. The molecule has 0 fully saturated rings. The van der Waals surface area contributed by atoms with Gasteiger partial charge in [0.25, 0.3) is 0 Å². The van der Waals surface area contributed by atoms with Gasteiger partial charge in [-0.25, -0.2) is 4.98 Å². The van der Waals surface area contributed by atoms with E-state index in [0.29, 0.717) is 22.9 Å². The highest BCUT2D eigenvalue weighted by atomic mass is 35.5. The number of halogens is 1. The Bertz CT molecular complexity index is 604. The fourth-order valence-corrected chi connectivity index (χ4v) is 1.75. The maximum absolute atomic E-state index is 8.87. The zero-order valence-electron chi connectivity index (χ0n) is 9.81. The molecular formula is C13H11ClN4. The molecule has 0 bridgehead atoms. The van der Waals surface area contributed by atoms with Crippen molar-refractivity contribution in [3.63, 3.8) is 0 Å². The summed E-state index contributed by atoms with van der Waals surface area (Å²) in [6.45, 7) is 2.58. The van der Waals surface area contributed by atoms with E-state index in [1.165, 1.54) is 0 Å². The molecule has 0 unspecified atom stereocenters. The van der Waals surface area contributed by atoms with Gasteiger partial charge in [0, 0.05) is 25.1 Å². The van der Waals surface area contributed by atoms with E-state index in [9.17, 15) is 0 Å². The third-order valence-electron chi connectivity index (χ3n) is 2.59. The van der Waals surface area contributed by atoms with Crippen molar-refractivity contribution < 1.29 is 0 Å². The van der Waals surface area contributed by atoms with Crippen LogP contribution < -0.4 is 5.32 Å². The van der Waals surface area contributed by atoms with E-state index in [0.717, 1.165) is 11.1 Å². The molecule has 0 saturated carbocycles. The third kappa shape index (κ3) is 2.58. The largest absolute Gasteiger partial charge is 0.365 e. The lowest BCUT2D eigenvalue weighted by Gasteiger charge is -2.09. The van der Waals surface area contributed by atoms with Gasteiger partial charge in [0.2, 0.25) is 0 Å². The molecule has 2 heterocycles. The molecule has 0 atom stereocenters. The summed E-state index contributed by atoms with van der Waals surface area (Å²) in [6, 6.07) is 5.55. The quantitative estimate of drug-likeness (QED) is 0.920.